The molecule has 0 radical (unpaired) electrons. The first-order chi connectivity index (χ1) is 11.1. The van der Waals surface area contributed by atoms with Gasteiger partial charge in [0.05, 0.1) is 5.54 Å². The quantitative estimate of drug-likeness (QED) is 0.817. The molecule has 23 heavy (non-hydrogen) atoms. The van der Waals surface area contributed by atoms with E-state index in [1.54, 1.807) is 6.20 Å². The van der Waals surface area contributed by atoms with Crippen LogP contribution in [0.1, 0.15) is 42.4 Å². The lowest BCUT2D eigenvalue weighted by Gasteiger charge is -2.33. The van der Waals surface area contributed by atoms with Crippen molar-refractivity contribution in [3.63, 3.8) is 0 Å². The average Bonchev–Trinajstić information content (AvgIpc) is 2.99. The van der Waals surface area contributed by atoms with Gasteiger partial charge in [-0.05, 0) is 61.7 Å². The number of nitrogens with one attached hydrogen (secondary N) is 2. The zero-order valence-corrected chi connectivity index (χ0v) is 14.5. The molecular weight excluding hydrogens is 302 g/mol. The maximum atomic E-state index is 5.59. The van der Waals surface area contributed by atoms with E-state index in [0.717, 1.165) is 24.2 Å². The molecule has 0 aliphatic heterocycles. The molecule has 2 aromatic rings. The highest BCUT2D eigenvalue weighted by molar-refractivity contribution is 7.80. The molecule has 0 amide bonds. The van der Waals surface area contributed by atoms with Crippen molar-refractivity contribution >= 4 is 23.1 Å². The van der Waals surface area contributed by atoms with Crippen molar-refractivity contribution in [1.82, 2.24) is 10.3 Å². The fourth-order valence-electron chi connectivity index (χ4n) is 3.52. The maximum Gasteiger partial charge on any atom is 0.172 e. The Morgan fingerprint density at radius 3 is 2.43 bits per heavy atom. The third-order valence-corrected chi connectivity index (χ3v) is 4.92. The summed E-state index contributed by atoms with van der Waals surface area (Å²) in [6.07, 6.45) is 6.46. The van der Waals surface area contributed by atoms with Gasteiger partial charge in [-0.3, -0.25) is 0 Å². The SMILES string of the molecule is Cc1ccccc1C1(NC(=S)Nc2ncccc2C)CCCC1. The molecule has 0 unspecified atom stereocenters. The predicted octanol–water partition coefficient (Wildman–Crippen LogP) is 4.45. The van der Waals surface area contributed by atoms with E-state index in [1.807, 2.05) is 19.1 Å². The number of anilines is 1. The lowest BCUT2D eigenvalue weighted by Crippen LogP contribution is -2.46. The molecule has 3 nitrogen and oxygen atoms in total. The predicted molar refractivity (Wildman–Crippen MR) is 99.7 cm³/mol. The van der Waals surface area contributed by atoms with E-state index in [-0.39, 0.29) is 5.54 Å². The minimum Gasteiger partial charge on any atom is -0.353 e. The Labute approximate surface area is 143 Å². The van der Waals surface area contributed by atoms with Crippen LogP contribution in [0.5, 0.6) is 0 Å². The van der Waals surface area contributed by atoms with Gasteiger partial charge in [0.25, 0.3) is 0 Å². The van der Waals surface area contributed by atoms with Crippen molar-refractivity contribution in [3.05, 3.63) is 59.3 Å². The fraction of sp³-hybridized carbons (Fsp3) is 0.368. The second-order valence-corrected chi connectivity index (χ2v) is 6.76. The van der Waals surface area contributed by atoms with Gasteiger partial charge in [-0.25, -0.2) is 4.98 Å². The highest BCUT2D eigenvalue weighted by Gasteiger charge is 2.37. The maximum absolute atomic E-state index is 5.59. The van der Waals surface area contributed by atoms with Crippen molar-refractivity contribution in [2.45, 2.75) is 45.1 Å². The van der Waals surface area contributed by atoms with Gasteiger partial charge in [0, 0.05) is 6.20 Å². The van der Waals surface area contributed by atoms with Gasteiger partial charge in [-0.2, -0.15) is 0 Å². The molecule has 1 saturated carbocycles. The Balaban J connectivity index is 1.82. The molecule has 4 heteroatoms. The summed E-state index contributed by atoms with van der Waals surface area (Å²) in [6, 6.07) is 12.6. The third kappa shape index (κ3) is 3.37. The summed E-state index contributed by atoms with van der Waals surface area (Å²) in [4.78, 5) is 4.37. The van der Waals surface area contributed by atoms with Crippen molar-refractivity contribution in [3.8, 4) is 0 Å². The Morgan fingerprint density at radius 2 is 1.74 bits per heavy atom. The second kappa shape index (κ2) is 6.67. The van der Waals surface area contributed by atoms with Crippen LogP contribution >= 0.6 is 12.2 Å². The smallest absolute Gasteiger partial charge is 0.172 e. The molecule has 2 N–H and O–H groups in total. The Kier molecular flexibility index (Phi) is 4.62. The molecule has 0 saturated heterocycles. The normalized spacial score (nSPS) is 16.1. The fourth-order valence-corrected chi connectivity index (χ4v) is 3.81. The summed E-state index contributed by atoms with van der Waals surface area (Å²) in [5.41, 5.74) is 3.71. The lowest BCUT2D eigenvalue weighted by molar-refractivity contribution is 0.406. The van der Waals surface area contributed by atoms with Crippen molar-refractivity contribution in [2.75, 3.05) is 5.32 Å². The number of hydrogen-bond acceptors (Lipinski definition) is 2. The van der Waals surface area contributed by atoms with Crippen molar-refractivity contribution in [2.24, 2.45) is 0 Å². The minimum atomic E-state index is -0.0574. The Morgan fingerprint density at radius 1 is 1.04 bits per heavy atom. The number of thiocarbonyl (C=S) groups is 1. The molecule has 1 heterocycles. The highest BCUT2D eigenvalue weighted by Crippen LogP contribution is 2.40. The topological polar surface area (TPSA) is 37.0 Å². The van der Waals surface area contributed by atoms with Crippen LogP contribution in [0, 0.1) is 13.8 Å². The number of rotatable bonds is 3. The van der Waals surface area contributed by atoms with Crippen LogP contribution in [0.4, 0.5) is 5.82 Å². The summed E-state index contributed by atoms with van der Waals surface area (Å²) in [7, 11) is 0. The Hall–Kier alpha value is -1.94. The van der Waals surface area contributed by atoms with E-state index in [1.165, 1.54) is 24.0 Å². The summed E-state index contributed by atoms with van der Waals surface area (Å²) in [5, 5.41) is 7.52. The number of nitrogens with zero attached hydrogens (tertiary/aromatic N) is 1. The van der Waals surface area contributed by atoms with Gasteiger partial charge in [0.15, 0.2) is 5.11 Å². The van der Waals surface area contributed by atoms with Crippen LogP contribution < -0.4 is 10.6 Å². The number of aromatic nitrogens is 1. The highest BCUT2D eigenvalue weighted by atomic mass is 32.1. The van der Waals surface area contributed by atoms with E-state index >= 15 is 0 Å². The lowest BCUT2D eigenvalue weighted by atomic mass is 9.85. The van der Waals surface area contributed by atoms with Gasteiger partial charge < -0.3 is 10.6 Å². The van der Waals surface area contributed by atoms with Gasteiger partial charge in [0.2, 0.25) is 0 Å². The van der Waals surface area contributed by atoms with E-state index < -0.39 is 0 Å². The third-order valence-electron chi connectivity index (χ3n) is 4.71. The first-order valence-electron chi connectivity index (χ1n) is 8.18. The summed E-state index contributed by atoms with van der Waals surface area (Å²) >= 11 is 5.59. The second-order valence-electron chi connectivity index (χ2n) is 6.35. The molecule has 1 fully saturated rings. The Bertz CT molecular complexity index is 705. The van der Waals surface area contributed by atoms with Crippen LogP contribution in [-0.2, 0) is 5.54 Å². The van der Waals surface area contributed by atoms with Crippen LogP contribution in [0.25, 0.3) is 0 Å². The van der Waals surface area contributed by atoms with Crippen LogP contribution in [0.2, 0.25) is 0 Å². The average molecular weight is 325 g/mol. The van der Waals surface area contributed by atoms with Gasteiger partial charge in [0.1, 0.15) is 5.82 Å². The zero-order valence-electron chi connectivity index (χ0n) is 13.7. The standard InChI is InChI=1S/C19H23N3S/c1-14-8-3-4-10-16(14)19(11-5-6-12-19)22-18(23)21-17-15(2)9-7-13-20-17/h3-4,7-10,13H,5-6,11-12H2,1-2H3,(H2,20,21,22,23). The van der Waals surface area contributed by atoms with E-state index in [9.17, 15) is 0 Å². The molecule has 1 aliphatic rings. The van der Waals surface area contributed by atoms with E-state index in [4.69, 9.17) is 12.2 Å². The molecule has 1 aliphatic carbocycles. The van der Waals surface area contributed by atoms with Crippen molar-refractivity contribution in [1.29, 1.82) is 0 Å². The summed E-state index contributed by atoms with van der Waals surface area (Å²) in [6.45, 7) is 4.21. The molecule has 1 aromatic carbocycles. The van der Waals surface area contributed by atoms with Crippen LogP contribution in [-0.4, -0.2) is 10.1 Å². The monoisotopic (exact) mass is 325 g/mol. The van der Waals surface area contributed by atoms with Crippen LogP contribution in [0.15, 0.2) is 42.6 Å². The van der Waals surface area contributed by atoms with Crippen LogP contribution in [0.3, 0.4) is 0 Å². The molecule has 120 valence electrons. The molecule has 1 aromatic heterocycles. The molecule has 0 atom stereocenters. The molecule has 3 rings (SSSR count). The van der Waals surface area contributed by atoms with Crippen molar-refractivity contribution < 1.29 is 0 Å². The molecule has 0 spiro atoms. The minimum absolute atomic E-state index is 0.0574. The summed E-state index contributed by atoms with van der Waals surface area (Å²) < 4.78 is 0. The van der Waals surface area contributed by atoms with E-state index in [2.05, 4.69) is 46.8 Å². The molecule has 0 bridgehead atoms. The number of benzene rings is 1. The molecular formula is C19H23N3S. The largest absolute Gasteiger partial charge is 0.353 e. The number of hydrogen-bond donors (Lipinski definition) is 2. The first kappa shape index (κ1) is 15.9. The first-order valence-corrected chi connectivity index (χ1v) is 8.58. The van der Waals surface area contributed by atoms with Gasteiger partial charge in [-0.1, -0.05) is 43.2 Å². The number of aryl methyl sites for hydroxylation is 2. The number of pyridine rings is 1. The zero-order chi connectivity index (χ0) is 16.3. The summed E-state index contributed by atoms with van der Waals surface area (Å²) in [5.74, 6) is 0.822. The van der Waals surface area contributed by atoms with E-state index in [0.29, 0.717) is 5.11 Å². The van der Waals surface area contributed by atoms with Gasteiger partial charge >= 0.3 is 0 Å². The van der Waals surface area contributed by atoms with Gasteiger partial charge in [-0.15, -0.1) is 0 Å².